The number of hydrogen-bond acceptors (Lipinski definition) is 4. The number of anilines is 1. The number of thioether (sulfide) groups is 1. The van der Waals surface area contributed by atoms with Gasteiger partial charge in [0.2, 0.25) is 0 Å². The predicted molar refractivity (Wildman–Crippen MR) is 108 cm³/mol. The van der Waals surface area contributed by atoms with Crippen molar-refractivity contribution in [2.45, 2.75) is 52.0 Å². The minimum Gasteiger partial charge on any atom is -0.372 e. The average Bonchev–Trinajstić information content (AvgIpc) is 2.97. The maximum Gasteiger partial charge on any atom is 0.264 e. The third-order valence-corrected chi connectivity index (χ3v) is 5.77. The Bertz CT molecular complexity index is 656. The van der Waals surface area contributed by atoms with Crippen molar-refractivity contribution in [2.24, 2.45) is 4.99 Å². The Morgan fingerprint density at radius 2 is 1.84 bits per heavy atom. The van der Waals surface area contributed by atoms with Gasteiger partial charge in [-0.25, -0.2) is 0 Å². The molecule has 0 radical (unpaired) electrons. The van der Waals surface area contributed by atoms with E-state index in [2.05, 4.69) is 48.3 Å². The Labute approximate surface area is 154 Å². The van der Waals surface area contributed by atoms with E-state index >= 15 is 0 Å². The van der Waals surface area contributed by atoms with Crippen LogP contribution in [0.3, 0.4) is 0 Å². The lowest BCUT2D eigenvalue weighted by atomic mass is 9.96. The van der Waals surface area contributed by atoms with Gasteiger partial charge in [-0.1, -0.05) is 31.4 Å². The highest BCUT2D eigenvalue weighted by Gasteiger charge is 2.25. The first kappa shape index (κ1) is 18.1. The molecular formula is C20H27N3OS. The van der Waals surface area contributed by atoms with E-state index in [0.717, 1.165) is 41.6 Å². The molecule has 25 heavy (non-hydrogen) atoms. The lowest BCUT2D eigenvalue weighted by molar-refractivity contribution is -0.115. The van der Waals surface area contributed by atoms with Crippen LogP contribution >= 0.6 is 11.8 Å². The molecule has 0 bridgehead atoms. The summed E-state index contributed by atoms with van der Waals surface area (Å²) in [6.07, 6.45) is 8.06. The number of aliphatic imine (C=N–C) groups is 1. The van der Waals surface area contributed by atoms with Gasteiger partial charge in [-0.3, -0.25) is 9.79 Å². The molecule has 1 saturated carbocycles. The van der Waals surface area contributed by atoms with Gasteiger partial charge in [0.05, 0.1) is 10.9 Å². The molecule has 4 nitrogen and oxygen atoms in total. The molecule has 3 rings (SSSR count). The van der Waals surface area contributed by atoms with Crippen LogP contribution in [0.4, 0.5) is 5.69 Å². The summed E-state index contributed by atoms with van der Waals surface area (Å²) >= 11 is 1.47. The second-order valence-electron chi connectivity index (χ2n) is 6.55. The van der Waals surface area contributed by atoms with Crippen molar-refractivity contribution in [3.05, 3.63) is 34.7 Å². The molecule has 0 atom stereocenters. The van der Waals surface area contributed by atoms with Crippen molar-refractivity contribution >= 4 is 34.6 Å². The zero-order valence-electron chi connectivity index (χ0n) is 15.1. The summed E-state index contributed by atoms with van der Waals surface area (Å²) in [6, 6.07) is 8.77. The van der Waals surface area contributed by atoms with Crippen LogP contribution in [0.25, 0.3) is 6.08 Å². The van der Waals surface area contributed by atoms with Crippen molar-refractivity contribution in [1.29, 1.82) is 0 Å². The average molecular weight is 358 g/mol. The van der Waals surface area contributed by atoms with Crippen molar-refractivity contribution < 1.29 is 4.79 Å². The number of nitrogens with zero attached hydrogens (tertiary/aromatic N) is 2. The maximum atomic E-state index is 12.2. The van der Waals surface area contributed by atoms with Crippen LogP contribution in [0, 0.1) is 0 Å². The normalized spacial score (nSPS) is 21.8. The largest absolute Gasteiger partial charge is 0.372 e. The fourth-order valence-electron chi connectivity index (χ4n) is 3.39. The Morgan fingerprint density at radius 1 is 1.16 bits per heavy atom. The molecule has 1 heterocycles. The third-order valence-electron chi connectivity index (χ3n) is 4.84. The van der Waals surface area contributed by atoms with E-state index in [1.807, 2.05) is 6.08 Å². The van der Waals surface area contributed by atoms with E-state index in [-0.39, 0.29) is 5.91 Å². The number of carbonyl (C=O) groups is 1. The topological polar surface area (TPSA) is 44.7 Å². The number of amides is 1. The van der Waals surface area contributed by atoms with Gasteiger partial charge in [0, 0.05) is 18.8 Å². The zero-order valence-corrected chi connectivity index (χ0v) is 15.9. The van der Waals surface area contributed by atoms with E-state index in [4.69, 9.17) is 4.99 Å². The van der Waals surface area contributed by atoms with Crippen molar-refractivity contribution in [1.82, 2.24) is 5.32 Å². The second kappa shape index (κ2) is 8.56. The lowest BCUT2D eigenvalue weighted by Gasteiger charge is -2.20. The Balaban J connectivity index is 1.68. The molecule has 1 aliphatic carbocycles. The summed E-state index contributed by atoms with van der Waals surface area (Å²) in [5.74, 6) is -0.0348. The Hall–Kier alpha value is -1.75. The summed E-state index contributed by atoms with van der Waals surface area (Å²) in [5.41, 5.74) is 2.27. The van der Waals surface area contributed by atoms with E-state index in [1.54, 1.807) is 0 Å². The van der Waals surface area contributed by atoms with Gasteiger partial charge in [0.25, 0.3) is 5.91 Å². The van der Waals surface area contributed by atoms with Crippen LogP contribution in [0.15, 0.2) is 34.2 Å². The minimum absolute atomic E-state index is 0.0348. The maximum absolute atomic E-state index is 12.2. The quantitative estimate of drug-likeness (QED) is 0.793. The lowest BCUT2D eigenvalue weighted by Crippen LogP contribution is -2.22. The van der Waals surface area contributed by atoms with E-state index in [9.17, 15) is 4.79 Å². The number of nitrogens with one attached hydrogen (secondary N) is 1. The van der Waals surface area contributed by atoms with Crippen molar-refractivity contribution in [3.63, 3.8) is 0 Å². The monoisotopic (exact) mass is 357 g/mol. The molecule has 1 saturated heterocycles. The predicted octanol–water partition coefficient (Wildman–Crippen LogP) is 4.43. The molecule has 134 valence electrons. The summed E-state index contributed by atoms with van der Waals surface area (Å²) in [5, 5.41) is 3.68. The standard InChI is InChI=1S/C20H27N3OS/c1-3-23(4-2)17-12-10-15(11-13-17)14-18-19(24)22-20(25-18)21-16-8-6-5-7-9-16/h10-14,16H,3-9H2,1-2H3,(H,21,22,24)/b18-14-. The summed E-state index contributed by atoms with van der Waals surface area (Å²) in [6.45, 7) is 6.31. The van der Waals surface area contributed by atoms with E-state index in [0.29, 0.717) is 6.04 Å². The van der Waals surface area contributed by atoms with Crippen molar-refractivity contribution in [2.75, 3.05) is 18.0 Å². The fraction of sp³-hybridized carbons (Fsp3) is 0.500. The Kier molecular flexibility index (Phi) is 6.19. The van der Waals surface area contributed by atoms with Crippen LogP contribution in [0.5, 0.6) is 0 Å². The van der Waals surface area contributed by atoms with Gasteiger partial charge >= 0.3 is 0 Å². The molecule has 1 aromatic carbocycles. The second-order valence-corrected chi connectivity index (χ2v) is 7.59. The van der Waals surface area contributed by atoms with Gasteiger partial charge < -0.3 is 10.2 Å². The SMILES string of the molecule is CCN(CC)c1ccc(/C=C2\SC(=NC3CCCCC3)NC2=O)cc1. The van der Waals surface area contributed by atoms with E-state index < -0.39 is 0 Å². The first-order chi connectivity index (χ1) is 12.2. The van der Waals surface area contributed by atoms with Crippen LogP contribution in [-0.4, -0.2) is 30.2 Å². The van der Waals surface area contributed by atoms with Crippen LogP contribution in [0.2, 0.25) is 0 Å². The zero-order chi connectivity index (χ0) is 17.6. The highest BCUT2D eigenvalue weighted by atomic mass is 32.2. The highest BCUT2D eigenvalue weighted by molar-refractivity contribution is 8.18. The fourth-order valence-corrected chi connectivity index (χ4v) is 4.28. The van der Waals surface area contributed by atoms with Crippen LogP contribution in [0.1, 0.15) is 51.5 Å². The molecule has 2 aliphatic rings. The van der Waals surface area contributed by atoms with Gasteiger partial charge in [-0.05, 0) is 62.2 Å². The van der Waals surface area contributed by atoms with Gasteiger partial charge in [-0.2, -0.15) is 0 Å². The first-order valence-electron chi connectivity index (χ1n) is 9.33. The highest BCUT2D eigenvalue weighted by Crippen LogP contribution is 2.29. The molecular weight excluding hydrogens is 330 g/mol. The number of amidine groups is 1. The first-order valence-corrected chi connectivity index (χ1v) is 10.1. The number of rotatable bonds is 5. The molecule has 0 spiro atoms. The molecule has 1 aromatic rings. The van der Waals surface area contributed by atoms with Gasteiger partial charge in [-0.15, -0.1) is 0 Å². The summed E-state index contributed by atoms with van der Waals surface area (Å²) in [7, 11) is 0. The van der Waals surface area contributed by atoms with Crippen LogP contribution < -0.4 is 10.2 Å². The molecule has 0 aromatic heterocycles. The van der Waals surface area contributed by atoms with Gasteiger partial charge in [0.1, 0.15) is 0 Å². The molecule has 5 heteroatoms. The van der Waals surface area contributed by atoms with Gasteiger partial charge in [0.15, 0.2) is 5.17 Å². The molecule has 1 amide bonds. The number of carbonyl (C=O) groups excluding carboxylic acids is 1. The number of benzene rings is 1. The molecule has 0 unspecified atom stereocenters. The molecule has 1 N–H and O–H groups in total. The molecule has 1 aliphatic heterocycles. The van der Waals surface area contributed by atoms with E-state index in [1.165, 1.54) is 36.7 Å². The minimum atomic E-state index is -0.0348. The molecule has 2 fully saturated rings. The summed E-state index contributed by atoms with van der Waals surface area (Å²) < 4.78 is 0. The number of hydrogen-bond donors (Lipinski definition) is 1. The third kappa shape index (κ3) is 4.66. The van der Waals surface area contributed by atoms with Crippen LogP contribution in [-0.2, 0) is 4.79 Å². The van der Waals surface area contributed by atoms with Crippen molar-refractivity contribution in [3.8, 4) is 0 Å². The Morgan fingerprint density at radius 3 is 2.48 bits per heavy atom. The smallest absolute Gasteiger partial charge is 0.264 e. The summed E-state index contributed by atoms with van der Waals surface area (Å²) in [4.78, 5) is 20.0.